The Morgan fingerprint density at radius 2 is 2.25 bits per heavy atom. The van der Waals surface area contributed by atoms with Gasteiger partial charge in [-0.3, -0.25) is 4.79 Å². The van der Waals surface area contributed by atoms with Crippen molar-refractivity contribution in [3.63, 3.8) is 0 Å². The standard InChI is InChI=1S/C10H14N2O3S/c13-8(14)4-2-1-3-7-9-6(5-16-7)11-10(15)12-9/h7H,1-5H2,(H,13,14)(H2,11,12,15). The van der Waals surface area contributed by atoms with Crippen molar-refractivity contribution in [2.24, 2.45) is 0 Å². The molecular formula is C10H14N2O3S. The number of aromatic nitrogens is 2. The van der Waals surface area contributed by atoms with Gasteiger partial charge in [-0.1, -0.05) is 6.42 Å². The predicted octanol–water partition coefficient (Wildman–Crippen LogP) is 1.64. The first-order valence-corrected chi connectivity index (χ1v) is 6.36. The Hall–Kier alpha value is -1.17. The molecule has 2 heterocycles. The van der Waals surface area contributed by atoms with E-state index in [0.29, 0.717) is 11.7 Å². The van der Waals surface area contributed by atoms with Gasteiger partial charge in [-0.05, 0) is 12.8 Å². The molecular weight excluding hydrogens is 228 g/mol. The Labute approximate surface area is 96.6 Å². The summed E-state index contributed by atoms with van der Waals surface area (Å²) >= 11 is 1.80. The molecule has 0 fully saturated rings. The Balaban J connectivity index is 1.84. The minimum absolute atomic E-state index is 0.138. The first-order chi connectivity index (χ1) is 7.66. The van der Waals surface area contributed by atoms with Crippen LogP contribution >= 0.6 is 11.8 Å². The molecule has 88 valence electrons. The van der Waals surface area contributed by atoms with E-state index in [9.17, 15) is 9.59 Å². The van der Waals surface area contributed by atoms with Gasteiger partial charge in [0.05, 0.1) is 5.69 Å². The molecule has 0 aromatic carbocycles. The molecule has 6 heteroatoms. The number of hydrogen-bond donors (Lipinski definition) is 3. The maximum atomic E-state index is 11.1. The van der Waals surface area contributed by atoms with Crippen LogP contribution in [-0.2, 0) is 10.5 Å². The van der Waals surface area contributed by atoms with Crippen LogP contribution in [0.2, 0.25) is 0 Å². The third-order valence-corrected chi connectivity index (χ3v) is 4.02. The van der Waals surface area contributed by atoms with Gasteiger partial charge in [0.15, 0.2) is 0 Å². The monoisotopic (exact) mass is 242 g/mol. The molecule has 1 unspecified atom stereocenters. The van der Waals surface area contributed by atoms with Gasteiger partial charge in [0, 0.05) is 23.1 Å². The number of hydrogen-bond acceptors (Lipinski definition) is 3. The van der Waals surface area contributed by atoms with Crippen LogP contribution in [0.1, 0.15) is 42.3 Å². The van der Waals surface area contributed by atoms with E-state index >= 15 is 0 Å². The number of aliphatic carboxylic acids is 1. The number of unbranched alkanes of at least 4 members (excludes halogenated alkanes) is 1. The third-order valence-electron chi connectivity index (χ3n) is 2.70. The topological polar surface area (TPSA) is 85.9 Å². The molecule has 16 heavy (non-hydrogen) atoms. The lowest BCUT2D eigenvalue weighted by Crippen LogP contribution is -2.03. The number of aromatic amines is 2. The molecule has 1 aromatic heterocycles. The Morgan fingerprint density at radius 3 is 3.00 bits per heavy atom. The number of rotatable bonds is 5. The highest BCUT2D eigenvalue weighted by Gasteiger charge is 2.25. The molecule has 1 aromatic rings. The number of fused-ring (bicyclic) bond motifs is 1. The number of carboxylic acids is 1. The van der Waals surface area contributed by atoms with Crippen LogP contribution in [0.15, 0.2) is 4.79 Å². The van der Waals surface area contributed by atoms with E-state index in [-0.39, 0.29) is 12.1 Å². The molecule has 0 amide bonds. The normalized spacial score (nSPS) is 18.6. The average molecular weight is 242 g/mol. The Kier molecular flexibility index (Phi) is 3.38. The maximum absolute atomic E-state index is 11.1. The SMILES string of the molecule is O=C(O)CCCCC1SCc2[nH]c(=O)[nH]c21. The van der Waals surface area contributed by atoms with Crippen LogP contribution in [-0.4, -0.2) is 21.0 Å². The van der Waals surface area contributed by atoms with Crippen LogP contribution in [0.25, 0.3) is 0 Å². The average Bonchev–Trinajstić information content (AvgIpc) is 2.72. The predicted molar refractivity (Wildman–Crippen MR) is 61.6 cm³/mol. The minimum Gasteiger partial charge on any atom is -0.481 e. The zero-order valence-electron chi connectivity index (χ0n) is 8.78. The van der Waals surface area contributed by atoms with E-state index in [1.54, 1.807) is 11.8 Å². The van der Waals surface area contributed by atoms with Gasteiger partial charge in [-0.25, -0.2) is 4.79 Å². The van der Waals surface area contributed by atoms with E-state index in [1.807, 2.05) is 0 Å². The Morgan fingerprint density at radius 1 is 1.44 bits per heavy atom. The molecule has 0 aliphatic carbocycles. The van der Waals surface area contributed by atoms with Crippen LogP contribution in [0.5, 0.6) is 0 Å². The summed E-state index contributed by atoms with van der Waals surface area (Å²) < 4.78 is 0. The quantitative estimate of drug-likeness (QED) is 0.685. The zero-order chi connectivity index (χ0) is 11.5. The van der Waals surface area contributed by atoms with Gasteiger partial charge in [0.2, 0.25) is 0 Å². The summed E-state index contributed by atoms with van der Waals surface area (Å²) in [5.41, 5.74) is 1.87. The first-order valence-electron chi connectivity index (χ1n) is 5.31. The maximum Gasteiger partial charge on any atom is 0.323 e. The molecule has 0 saturated carbocycles. The Bertz CT molecular complexity index is 438. The molecule has 0 radical (unpaired) electrons. The van der Waals surface area contributed by atoms with Crippen molar-refractivity contribution in [1.29, 1.82) is 0 Å². The zero-order valence-corrected chi connectivity index (χ0v) is 9.60. The van der Waals surface area contributed by atoms with Crippen molar-refractivity contribution in [3.05, 3.63) is 21.9 Å². The summed E-state index contributed by atoms with van der Waals surface area (Å²) in [4.78, 5) is 27.0. The van der Waals surface area contributed by atoms with Crippen molar-refractivity contribution in [2.75, 3.05) is 0 Å². The van der Waals surface area contributed by atoms with Gasteiger partial charge in [0.1, 0.15) is 0 Å². The number of nitrogens with one attached hydrogen (secondary N) is 2. The van der Waals surface area contributed by atoms with E-state index < -0.39 is 5.97 Å². The molecule has 0 spiro atoms. The first kappa shape index (κ1) is 11.3. The van der Waals surface area contributed by atoms with E-state index in [2.05, 4.69) is 9.97 Å². The molecule has 3 N–H and O–H groups in total. The van der Waals surface area contributed by atoms with Crippen molar-refractivity contribution in [3.8, 4) is 0 Å². The molecule has 5 nitrogen and oxygen atoms in total. The van der Waals surface area contributed by atoms with Crippen molar-refractivity contribution in [2.45, 2.75) is 36.7 Å². The van der Waals surface area contributed by atoms with Crippen LogP contribution in [0.3, 0.4) is 0 Å². The molecule has 0 saturated heterocycles. The summed E-state index contributed by atoms with van der Waals surface area (Å²) in [6, 6.07) is 0. The van der Waals surface area contributed by atoms with Crippen molar-refractivity contribution in [1.82, 2.24) is 9.97 Å². The lowest BCUT2D eigenvalue weighted by molar-refractivity contribution is -0.137. The van der Waals surface area contributed by atoms with Gasteiger partial charge in [0.25, 0.3) is 0 Å². The smallest absolute Gasteiger partial charge is 0.323 e. The minimum atomic E-state index is -0.741. The number of thioether (sulfide) groups is 1. The fourth-order valence-electron chi connectivity index (χ4n) is 1.92. The van der Waals surface area contributed by atoms with E-state index in [0.717, 1.165) is 30.0 Å². The van der Waals surface area contributed by atoms with Crippen molar-refractivity contribution >= 4 is 17.7 Å². The van der Waals surface area contributed by atoms with Gasteiger partial charge in [-0.15, -0.1) is 11.8 Å². The van der Waals surface area contributed by atoms with E-state index in [1.165, 1.54) is 0 Å². The molecule has 2 rings (SSSR count). The fraction of sp³-hybridized carbons (Fsp3) is 0.600. The number of carbonyl (C=O) groups is 1. The molecule has 0 bridgehead atoms. The van der Waals surface area contributed by atoms with Gasteiger partial charge >= 0.3 is 11.7 Å². The summed E-state index contributed by atoms with van der Waals surface area (Å²) in [7, 11) is 0. The van der Waals surface area contributed by atoms with Gasteiger partial charge in [-0.2, -0.15) is 0 Å². The fourth-order valence-corrected chi connectivity index (χ4v) is 3.22. The lowest BCUT2D eigenvalue weighted by Gasteiger charge is -2.07. The highest BCUT2D eigenvalue weighted by atomic mass is 32.2. The largest absolute Gasteiger partial charge is 0.481 e. The number of imidazole rings is 1. The number of H-pyrrole nitrogens is 2. The second kappa shape index (κ2) is 4.78. The highest BCUT2D eigenvalue weighted by Crippen LogP contribution is 2.42. The molecule has 1 aliphatic rings. The lowest BCUT2D eigenvalue weighted by atomic mass is 10.1. The third kappa shape index (κ3) is 2.49. The van der Waals surface area contributed by atoms with Crippen LogP contribution in [0.4, 0.5) is 0 Å². The van der Waals surface area contributed by atoms with Crippen LogP contribution < -0.4 is 5.69 Å². The highest BCUT2D eigenvalue weighted by molar-refractivity contribution is 7.99. The summed E-state index contributed by atoms with van der Waals surface area (Å²) in [6.07, 6.45) is 2.75. The molecule has 1 atom stereocenters. The summed E-state index contributed by atoms with van der Waals surface area (Å²) in [6.45, 7) is 0. The van der Waals surface area contributed by atoms with Crippen LogP contribution in [0, 0.1) is 0 Å². The summed E-state index contributed by atoms with van der Waals surface area (Å²) in [5.74, 6) is 0.104. The van der Waals surface area contributed by atoms with E-state index in [4.69, 9.17) is 5.11 Å². The molecule has 1 aliphatic heterocycles. The van der Waals surface area contributed by atoms with Gasteiger partial charge < -0.3 is 15.1 Å². The summed E-state index contributed by atoms with van der Waals surface area (Å²) in [5, 5.41) is 8.83. The second-order valence-corrected chi connectivity index (χ2v) is 5.10. The number of carboxylic acid groups (broad SMARTS) is 1. The van der Waals surface area contributed by atoms with Crippen molar-refractivity contribution < 1.29 is 9.90 Å². The second-order valence-electron chi connectivity index (χ2n) is 3.91.